The molecule has 2 saturated heterocycles. The van der Waals surface area contributed by atoms with Gasteiger partial charge in [-0.3, -0.25) is 29.5 Å². The fourth-order valence-corrected chi connectivity index (χ4v) is 9.35. The van der Waals surface area contributed by atoms with E-state index in [1.807, 2.05) is 6.08 Å². The summed E-state index contributed by atoms with van der Waals surface area (Å²) in [7, 11) is 1.55. The number of carbonyl (C=O) groups excluding carboxylic acids is 4. The average Bonchev–Trinajstić information content (AvgIpc) is 3.53. The summed E-state index contributed by atoms with van der Waals surface area (Å²) in [4.78, 5) is 59.9. The van der Waals surface area contributed by atoms with Crippen molar-refractivity contribution in [3.8, 4) is 11.5 Å². The van der Waals surface area contributed by atoms with E-state index in [2.05, 4.69) is 12.0 Å². The van der Waals surface area contributed by atoms with E-state index in [0.717, 1.165) is 16.1 Å². The summed E-state index contributed by atoms with van der Waals surface area (Å²) in [6.45, 7) is 3.79. The molecular weight excluding hydrogens is 701 g/mol. The smallest absolute Gasteiger partial charge is 0.260 e. The number of hydrogen-bond acceptors (Lipinski definition) is 7. The first-order valence-electron chi connectivity index (χ1n) is 16.9. The van der Waals surface area contributed by atoms with Crippen molar-refractivity contribution in [3.05, 3.63) is 136 Å². The van der Waals surface area contributed by atoms with Crippen LogP contribution in [0.2, 0.25) is 10.0 Å². The summed E-state index contributed by atoms with van der Waals surface area (Å²) >= 11 is 12.7. The molecule has 2 aliphatic heterocycles. The Morgan fingerprint density at radius 3 is 2.25 bits per heavy atom. The first kappa shape index (κ1) is 33.7. The van der Waals surface area contributed by atoms with Gasteiger partial charge in [0, 0.05) is 10.9 Å². The number of phenols is 1. The van der Waals surface area contributed by atoms with Crippen molar-refractivity contribution in [2.45, 2.75) is 24.2 Å². The number of nitrogens with one attached hydrogen (secondary N) is 1. The monoisotopic (exact) mass is 733 g/mol. The molecule has 0 spiro atoms. The molecule has 2 N–H and O–H groups in total. The molecule has 6 atom stereocenters. The third-order valence-corrected chi connectivity index (χ3v) is 11.7. The van der Waals surface area contributed by atoms with Crippen LogP contribution >= 0.6 is 23.2 Å². The van der Waals surface area contributed by atoms with Crippen molar-refractivity contribution >= 4 is 64.3 Å². The number of hydrazine groups is 1. The fraction of sp³-hybridized carbons (Fsp3) is 0.220. The van der Waals surface area contributed by atoms with Crippen LogP contribution in [0.4, 0.5) is 11.4 Å². The van der Waals surface area contributed by atoms with Crippen LogP contribution in [0.5, 0.6) is 11.5 Å². The van der Waals surface area contributed by atoms with E-state index in [4.69, 9.17) is 27.9 Å². The number of rotatable bonds is 7. The Balaban J connectivity index is 1.31. The minimum atomic E-state index is -1.49. The van der Waals surface area contributed by atoms with Gasteiger partial charge in [-0.05, 0) is 90.0 Å². The van der Waals surface area contributed by atoms with Gasteiger partial charge in [-0.2, -0.15) is 5.01 Å². The number of aromatic hydroxyl groups is 1. The topological polar surface area (TPSA) is 116 Å². The predicted molar refractivity (Wildman–Crippen MR) is 198 cm³/mol. The van der Waals surface area contributed by atoms with Crippen LogP contribution in [0.1, 0.15) is 35.4 Å². The van der Waals surface area contributed by atoms with Crippen LogP contribution in [0.15, 0.2) is 109 Å². The van der Waals surface area contributed by atoms with Crippen LogP contribution in [0, 0.1) is 23.7 Å². The second kappa shape index (κ2) is 12.7. The summed E-state index contributed by atoms with van der Waals surface area (Å²) in [6.07, 6.45) is 4.09. The van der Waals surface area contributed by atoms with E-state index < -0.39 is 46.8 Å². The van der Waals surface area contributed by atoms with E-state index in [9.17, 15) is 19.5 Å². The highest BCUT2D eigenvalue weighted by Gasteiger charge is 2.70. The highest BCUT2D eigenvalue weighted by molar-refractivity contribution is 6.36. The van der Waals surface area contributed by atoms with E-state index in [0.29, 0.717) is 33.3 Å². The maximum atomic E-state index is 15.3. The number of hydrogen-bond donors (Lipinski definition) is 2. The van der Waals surface area contributed by atoms with Crippen molar-refractivity contribution in [3.63, 3.8) is 0 Å². The third-order valence-electron chi connectivity index (χ3n) is 11.2. The number of phenolic OH excluding ortho intramolecular Hbond substituents is 1. The fourth-order valence-electron chi connectivity index (χ4n) is 8.90. The lowest BCUT2D eigenvalue weighted by molar-refractivity contribution is -0.138. The maximum Gasteiger partial charge on any atom is 0.260 e. The number of benzene rings is 4. The molecule has 52 heavy (non-hydrogen) atoms. The zero-order valence-corrected chi connectivity index (χ0v) is 29.5. The second-order valence-electron chi connectivity index (χ2n) is 13.6. The molecule has 1 saturated carbocycles. The van der Waals surface area contributed by atoms with Crippen LogP contribution in [-0.4, -0.2) is 40.9 Å². The lowest BCUT2D eigenvalue weighted by Gasteiger charge is -2.50. The molecule has 8 rings (SSSR count). The number of allylic oxidation sites excluding steroid dienone is 2. The first-order valence-corrected chi connectivity index (χ1v) is 17.7. The number of imide groups is 2. The SMILES string of the molecule is C=Cc1ccc(N2C(=O)[C@H]3[C@H](CC=C4[C@H]3C[C@H]3C(=O)N(Nc5ccc(Cl)cc5Cl)C(=O)[C@@]3(c3ccc(OC)cc3)[C@H]4c3ccc(O)cc3)C2=O)cc1. The number of anilines is 2. The lowest BCUT2D eigenvalue weighted by Crippen LogP contribution is -2.53. The molecule has 4 aromatic rings. The van der Waals surface area contributed by atoms with Crippen LogP contribution in [-0.2, 0) is 24.6 Å². The molecule has 4 amide bonds. The van der Waals surface area contributed by atoms with Gasteiger partial charge < -0.3 is 9.84 Å². The molecule has 4 aromatic carbocycles. The first-order chi connectivity index (χ1) is 25.1. The lowest BCUT2D eigenvalue weighted by atomic mass is 9.49. The number of methoxy groups -OCH3 is 1. The molecule has 0 unspecified atom stereocenters. The average molecular weight is 735 g/mol. The van der Waals surface area contributed by atoms with Crippen LogP contribution < -0.4 is 15.1 Å². The summed E-state index contributed by atoms with van der Waals surface area (Å²) < 4.78 is 5.46. The summed E-state index contributed by atoms with van der Waals surface area (Å²) in [6, 6.07) is 25.5. The molecule has 9 nitrogen and oxygen atoms in total. The minimum Gasteiger partial charge on any atom is -0.508 e. The van der Waals surface area contributed by atoms with Gasteiger partial charge in [0.1, 0.15) is 11.5 Å². The van der Waals surface area contributed by atoms with Crippen LogP contribution in [0.25, 0.3) is 6.08 Å². The number of carbonyl (C=O) groups is 4. The van der Waals surface area contributed by atoms with Gasteiger partial charge in [0.05, 0.1) is 46.7 Å². The number of halogens is 2. The largest absolute Gasteiger partial charge is 0.508 e. The Bertz CT molecular complexity index is 2190. The minimum absolute atomic E-state index is 0.0352. The standard InChI is InChI=1S/C41H33Cl2N3O6/c1-3-22-4-11-26(12-5-22)45-37(48)30-18-17-29-31(35(30)39(45)50)21-32-38(49)46(44-34-19-10-25(42)20-33(34)43)40(51)41(32,24-8-15-28(52-2)16-9-24)36(29)23-6-13-27(47)14-7-23/h3-17,19-20,30-32,35-36,44,47H,1,18,21H2,2H3/t30-,31+,32-,35-,36-,41+/m0/s1. The Morgan fingerprint density at radius 1 is 0.885 bits per heavy atom. The summed E-state index contributed by atoms with van der Waals surface area (Å²) in [5.41, 5.74) is 5.19. The quantitative estimate of drug-likeness (QED) is 0.149. The van der Waals surface area contributed by atoms with Gasteiger partial charge in [-0.1, -0.05) is 83.9 Å². The van der Waals surface area contributed by atoms with Gasteiger partial charge in [0.2, 0.25) is 11.8 Å². The molecule has 0 bridgehead atoms. The highest BCUT2D eigenvalue weighted by atomic mass is 35.5. The van der Waals surface area contributed by atoms with Crippen molar-refractivity contribution in [1.29, 1.82) is 0 Å². The van der Waals surface area contributed by atoms with Gasteiger partial charge in [0.25, 0.3) is 11.8 Å². The maximum absolute atomic E-state index is 15.3. The number of nitrogens with zero attached hydrogens (tertiary/aromatic N) is 2. The Labute approximate surface area is 310 Å². The number of ether oxygens (including phenoxy) is 1. The van der Waals surface area contributed by atoms with Crippen molar-refractivity contribution in [1.82, 2.24) is 5.01 Å². The Kier molecular flexibility index (Phi) is 8.23. The molecule has 0 radical (unpaired) electrons. The third kappa shape index (κ3) is 4.98. The molecule has 3 fully saturated rings. The Hall–Kier alpha value is -5.38. The molecule has 4 aliphatic rings. The van der Waals surface area contributed by atoms with E-state index in [1.54, 1.807) is 98.1 Å². The van der Waals surface area contributed by atoms with Gasteiger partial charge in [-0.25, -0.2) is 0 Å². The molecule has 2 aliphatic carbocycles. The normalized spacial score (nSPS) is 26.4. The molecule has 2 heterocycles. The summed E-state index contributed by atoms with van der Waals surface area (Å²) in [5.74, 6) is -4.67. The van der Waals surface area contributed by atoms with Crippen molar-refractivity contribution < 1.29 is 29.0 Å². The number of amides is 4. The zero-order valence-electron chi connectivity index (χ0n) is 28.0. The van der Waals surface area contributed by atoms with Gasteiger partial charge in [-0.15, -0.1) is 0 Å². The van der Waals surface area contributed by atoms with Gasteiger partial charge in [0.15, 0.2) is 0 Å². The molecule has 262 valence electrons. The molecule has 0 aromatic heterocycles. The second-order valence-corrected chi connectivity index (χ2v) is 14.5. The van der Waals surface area contributed by atoms with E-state index in [1.165, 1.54) is 11.0 Å². The van der Waals surface area contributed by atoms with Crippen molar-refractivity contribution in [2.24, 2.45) is 23.7 Å². The molecule has 11 heteroatoms. The Morgan fingerprint density at radius 2 is 1.60 bits per heavy atom. The molecular formula is C41H33Cl2N3O6. The van der Waals surface area contributed by atoms with Crippen LogP contribution in [0.3, 0.4) is 0 Å². The predicted octanol–water partition coefficient (Wildman–Crippen LogP) is 7.54. The summed E-state index contributed by atoms with van der Waals surface area (Å²) in [5, 5.41) is 12.0. The van der Waals surface area contributed by atoms with Gasteiger partial charge >= 0.3 is 0 Å². The van der Waals surface area contributed by atoms with E-state index >= 15 is 4.79 Å². The van der Waals surface area contributed by atoms with Crippen molar-refractivity contribution in [2.75, 3.05) is 17.4 Å². The number of fused-ring (bicyclic) bond motifs is 4. The zero-order chi connectivity index (χ0) is 36.5. The van der Waals surface area contributed by atoms with E-state index in [-0.39, 0.29) is 35.4 Å². The highest BCUT2D eigenvalue weighted by Crippen LogP contribution is 2.64.